The first-order chi connectivity index (χ1) is 12.7. The number of nitrogens with zero attached hydrogens (tertiary/aromatic N) is 2. The molecular weight excluding hydrogens is 333 g/mol. The van der Waals surface area contributed by atoms with E-state index in [-0.39, 0.29) is 11.7 Å². The van der Waals surface area contributed by atoms with Gasteiger partial charge in [0.1, 0.15) is 5.82 Å². The van der Waals surface area contributed by atoms with Crippen molar-refractivity contribution >= 4 is 11.6 Å². The summed E-state index contributed by atoms with van der Waals surface area (Å²) in [4.78, 5) is 18.0. The fourth-order valence-electron chi connectivity index (χ4n) is 4.20. The number of carbonyl (C=O) groups excluding carboxylic acids is 1. The molecule has 6 heteroatoms. The number of piperidine rings is 1. The molecule has 3 heterocycles. The number of likely N-dealkylation sites (tertiary alicyclic amines) is 1. The second kappa shape index (κ2) is 7.50. The van der Waals surface area contributed by atoms with E-state index in [0.717, 1.165) is 52.1 Å². The van der Waals surface area contributed by atoms with Crippen LogP contribution in [0.3, 0.4) is 0 Å². The molecular formula is C20H25FN3O2+. The van der Waals surface area contributed by atoms with Crippen LogP contribution in [0, 0.1) is 5.82 Å². The van der Waals surface area contributed by atoms with Crippen molar-refractivity contribution in [3.05, 3.63) is 54.2 Å². The lowest BCUT2D eigenvalue weighted by molar-refractivity contribution is -0.927. The summed E-state index contributed by atoms with van der Waals surface area (Å²) in [6, 6.07) is 11.1. The van der Waals surface area contributed by atoms with E-state index in [2.05, 4.69) is 4.90 Å². The van der Waals surface area contributed by atoms with Crippen molar-refractivity contribution in [2.45, 2.75) is 18.9 Å². The van der Waals surface area contributed by atoms with Gasteiger partial charge in [0.2, 0.25) is 0 Å². The van der Waals surface area contributed by atoms with Crippen LogP contribution in [0.1, 0.15) is 23.4 Å². The molecule has 1 amide bonds. The molecule has 0 spiro atoms. The van der Waals surface area contributed by atoms with Gasteiger partial charge in [-0.1, -0.05) is 12.1 Å². The molecule has 0 bridgehead atoms. The molecule has 26 heavy (non-hydrogen) atoms. The van der Waals surface area contributed by atoms with Crippen molar-refractivity contribution in [3.8, 4) is 0 Å². The molecule has 0 unspecified atom stereocenters. The number of quaternary nitrogens is 1. The Labute approximate surface area is 153 Å². The minimum atomic E-state index is -0.138. The van der Waals surface area contributed by atoms with E-state index in [4.69, 9.17) is 4.42 Å². The first-order valence-corrected chi connectivity index (χ1v) is 9.39. The molecule has 138 valence electrons. The Bertz CT molecular complexity index is 733. The number of nitrogens with one attached hydrogen (secondary N) is 1. The average Bonchev–Trinajstić information content (AvgIpc) is 3.23. The second-order valence-corrected chi connectivity index (χ2v) is 7.14. The predicted octanol–water partition coefficient (Wildman–Crippen LogP) is 1.43. The maximum absolute atomic E-state index is 14.0. The first kappa shape index (κ1) is 17.1. The number of benzene rings is 1. The summed E-state index contributed by atoms with van der Waals surface area (Å²) in [6.07, 6.45) is 3.57. The van der Waals surface area contributed by atoms with Crippen LogP contribution in [0.15, 0.2) is 47.1 Å². The Kier molecular flexibility index (Phi) is 4.93. The Hall–Kier alpha value is -2.34. The Morgan fingerprint density at radius 1 is 1.04 bits per heavy atom. The summed E-state index contributed by atoms with van der Waals surface area (Å²) >= 11 is 0. The zero-order valence-corrected chi connectivity index (χ0v) is 14.9. The highest BCUT2D eigenvalue weighted by atomic mass is 19.1. The largest absolute Gasteiger partial charge is 0.459 e. The summed E-state index contributed by atoms with van der Waals surface area (Å²) < 4.78 is 19.2. The van der Waals surface area contributed by atoms with Gasteiger partial charge < -0.3 is 19.1 Å². The number of rotatable bonds is 3. The van der Waals surface area contributed by atoms with Crippen molar-refractivity contribution in [1.82, 2.24) is 4.90 Å². The van der Waals surface area contributed by atoms with Gasteiger partial charge in [0.15, 0.2) is 5.76 Å². The lowest BCUT2D eigenvalue weighted by Crippen LogP contribution is -3.18. The summed E-state index contributed by atoms with van der Waals surface area (Å²) in [5.74, 6) is 0.280. The molecule has 2 fully saturated rings. The van der Waals surface area contributed by atoms with E-state index in [1.165, 1.54) is 6.07 Å². The van der Waals surface area contributed by atoms with E-state index >= 15 is 0 Å². The molecule has 1 aromatic carbocycles. The van der Waals surface area contributed by atoms with Gasteiger partial charge in [-0.05, 0) is 24.3 Å². The van der Waals surface area contributed by atoms with Crippen LogP contribution in [-0.4, -0.2) is 56.1 Å². The van der Waals surface area contributed by atoms with Gasteiger partial charge in [0.25, 0.3) is 5.91 Å². The first-order valence-electron chi connectivity index (χ1n) is 9.39. The van der Waals surface area contributed by atoms with Crippen molar-refractivity contribution < 1.29 is 18.5 Å². The lowest BCUT2D eigenvalue weighted by atomic mass is 10.0. The van der Waals surface area contributed by atoms with Gasteiger partial charge in [-0.2, -0.15) is 0 Å². The fourth-order valence-corrected chi connectivity index (χ4v) is 4.20. The van der Waals surface area contributed by atoms with Crippen LogP contribution in [0.4, 0.5) is 10.1 Å². The number of para-hydroxylation sites is 1. The highest BCUT2D eigenvalue weighted by molar-refractivity contribution is 5.91. The van der Waals surface area contributed by atoms with E-state index in [1.807, 2.05) is 17.0 Å². The number of furan rings is 1. The highest BCUT2D eigenvalue weighted by Crippen LogP contribution is 2.19. The molecule has 2 aromatic rings. The SMILES string of the molecule is O=C(c1ccco1)N1CCC([NH+]2CCN(c3ccccc3F)CC2)CC1. The van der Waals surface area contributed by atoms with Crippen LogP contribution in [-0.2, 0) is 0 Å². The minimum absolute atomic E-state index is 0.00665. The quantitative estimate of drug-likeness (QED) is 0.903. The molecule has 1 aromatic heterocycles. The van der Waals surface area contributed by atoms with E-state index in [1.54, 1.807) is 29.4 Å². The highest BCUT2D eigenvalue weighted by Gasteiger charge is 2.33. The molecule has 0 radical (unpaired) electrons. The fraction of sp³-hybridized carbons (Fsp3) is 0.450. The molecule has 5 nitrogen and oxygen atoms in total. The smallest absolute Gasteiger partial charge is 0.289 e. The number of hydrogen-bond acceptors (Lipinski definition) is 3. The lowest BCUT2D eigenvalue weighted by Gasteiger charge is -2.40. The predicted molar refractivity (Wildman–Crippen MR) is 96.9 cm³/mol. The zero-order valence-electron chi connectivity index (χ0n) is 14.9. The maximum atomic E-state index is 14.0. The second-order valence-electron chi connectivity index (χ2n) is 7.14. The van der Waals surface area contributed by atoms with Crippen molar-refractivity contribution in [3.63, 3.8) is 0 Å². The van der Waals surface area contributed by atoms with Crippen LogP contribution >= 0.6 is 0 Å². The van der Waals surface area contributed by atoms with Gasteiger partial charge in [-0.15, -0.1) is 0 Å². The topological polar surface area (TPSA) is 41.1 Å². The molecule has 2 saturated heterocycles. The van der Waals surface area contributed by atoms with Gasteiger partial charge in [0.05, 0.1) is 44.2 Å². The summed E-state index contributed by atoms with van der Waals surface area (Å²) in [7, 11) is 0. The molecule has 2 aliphatic heterocycles. The van der Waals surface area contributed by atoms with Crippen molar-refractivity contribution in [1.29, 1.82) is 0 Å². The zero-order chi connectivity index (χ0) is 17.9. The normalized spacial score (nSPS) is 19.7. The number of piperazine rings is 1. The third-order valence-corrected chi connectivity index (χ3v) is 5.69. The summed E-state index contributed by atoms with van der Waals surface area (Å²) in [6.45, 7) is 5.36. The Morgan fingerprint density at radius 2 is 1.77 bits per heavy atom. The van der Waals surface area contributed by atoms with E-state index in [0.29, 0.717) is 17.5 Å². The molecule has 0 atom stereocenters. The third kappa shape index (κ3) is 3.46. The average molecular weight is 358 g/mol. The third-order valence-electron chi connectivity index (χ3n) is 5.69. The molecule has 1 N–H and O–H groups in total. The van der Waals surface area contributed by atoms with Crippen LogP contribution in [0.25, 0.3) is 0 Å². The van der Waals surface area contributed by atoms with Crippen molar-refractivity contribution in [2.75, 3.05) is 44.2 Å². The summed E-state index contributed by atoms with van der Waals surface area (Å²) in [5.41, 5.74) is 0.713. The van der Waals surface area contributed by atoms with Crippen LogP contribution in [0.5, 0.6) is 0 Å². The Morgan fingerprint density at radius 3 is 2.42 bits per heavy atom. The number of hydrogen-bond donors (Lipinski definition) is 1. The number of amides is 1. The molecule has 0 saturated carbocycles. The molecule has 4 rings (SSSR count). The van der Waals surface area contributed by atoms with Gasteiger partial charge in [-0.3, -0.25) is 4.79 Å². The van der Waals surface area contributed by atoms with Gasteiger partial charge in [-0.25, -0.2) is 4.39 Å². The van der Waals surface area contributed by atoms with Crippen LogP contribution < -0.4 is 9.80 Å². The number of halogens is 1. The molecule has 0 aliphatic carbocycles. The summed E-state index contributed by atoms with van der Waals surface area (Å²) in [5, 5.41) is 0. The Balaban J connectivity index is 1.28. The number of anilines is 1. The van der Waals surface area contributed by atoms with Gasteiger partial charge >= 0.3 is 0 Å². The van der Waals surface area contributed by atoms with E-state index in [9.17, 15) is 9.18 Å². The maximum Gasteiger partial charge on any atom is 0.289 e. The van der Waals surface area contributed by atoms with E-state index < -0.39 is 0 Å². The van der Waals surface area contributed by atoms with Gasteiger partial charge in [0, 0.05) is 25.9 Å². The minimum Gasteiger partial charge on any atom is -0.459 e. The monoisotopic (exact) mass is 358 g/mol. The standard InChI is InChI=1S/C20H24FN3O2/c21-17-4-1-2-5-18(17)23-13-11-22(12-14-23)16-7-9-24(10-8-16)20(25)19-6-3-15-26-19/h1-6,15-16H,7-14H2/p+1. The number of carbonyl (C=O) groups is 1. The van der Waals surface area contributed by atoms with Crippen molar-refractivity contribution in [2.24, 2.45) is 0 Å². The molecule has 2 aliphatic rings. The van der Waals surface area contributed by atoms with Crippen LogP contribution in [0.2, 0.25) is 0 Å².